The number of hydrogen-bond donors (Lipinski definition) is 2. The van der Waals surface area contributed by atoms with E-state index in [1.807, 2.05) is 7.05 Å². The first-order chi connectivity index (χ1) is 13.8. The van der Waals surface area contributed by atoms with Gasteiger partial charge in [-0.1, -0.05) is 18.6 Å². The third-order valence-electron chi connectivity index (χ3n) is 5.85. The Kier molecular flexibility index (Phi) is 11.5. The van der Waals surface area contributed by atoms with Gasteiger partial charge >= 0.3 is 0 Å². The Balaban J connectivity index is 0.00000300. The van der Waals surface area contributed by atoms with Crippen LogP contribution < -0.4 is 15.5 Å². The van der Waals surface area contributed by atoms with Crippen LogP contribution in [0, 0.1) is 0 Å². The van der Waals surface area contributed by atoms with Crippen molar-refractivity contribution < 1.29 is 0 Å². The molecular formula is C22H38IN5S. The highest BCUT2D eigenvalue weighted by molar-refractivity contribution is 14.0. The van der Waals surface area contributed by atoms with Crippen molar-refractivity contribution in [3.05, 3.63) is 29.8 Å². The van der Waals surface area contributed by atoms with Gasteiger partial charge in [0.25, 0.3) is 0 Å². The molecule has 0 amide bonds. The molecule has 2 saturated heterocycles. The summed E-state index contributed by atoms with van der Waals surface area (Å²) in [6.45, 7) is 8.91. The maximum atomic E-state index is 4.36. The fraction of sp³-hybridized carbons (Fsp3) is 0.682. The summed E-state index contributed by atoms with van der Waals surface area (Å²) >= 11 is 2.05. The van der Waals surface area contributed by atoms with Gasteiger partial charge in [0.05, 0.1) is 0 Å². The van der Waals surface area contributed by atoms with Crippen molar-refractivity contribution >= 4 is 47.4 Å². The fourth-order valence-corrected chi connectivity index (χ4v) is 4.93. The summed E-state index contributed by atoms with van der Waals surface area (Å²) < 4.78 is 0. The first-order valence-electron chi connectivity index (χ1n) is 10.9. The normalized spacial score (nSPS) is 20.8. The molecule has 0 bridgehead atoms. The maximum absolute atomic E-state index is 4.36. The largest absolute Gasteiger partial charge is 0.370 e. The van der Waals surface area contributed by atoms with Crippen LogP contribution in [0.1, 0.15) is 38.2 Å². The molecule has 29 heavy (non-hydrogen) atoms. The zero-order valence-electron chi connectivity index (χ0n) is 18.0. The third kappa shape index (κ3) is 8.17. The minimum absolute atomic E-state index is 0. The van der Waals surface area contributed by atoms with Crippen LogP contribution in [0.3, 0.4) is 0 Å². The van der Waals surface area contributed by atoms with Crippen molar-refractivity contribution in [3.8, 4) is 0 Å². The van der Waals surface area contributed by atoms with Crippen LogP contribution in [0.4, 0.5) is 5.69 Å². The van der Waals surface area contributed by atoms with Gasteiger partial charge in [0.1, 0.15) is 0 Å². The maximum Gasteiger partial charge on any atom is 0.191 e. The number of hydrogen-bond acceptors (Lipinski definition) is 4. The van der Waals surface area contributed by atoms with Gasteiger partial charge in [-0.05, 0) is 50.4 Å². The van der Waals surface area contributed by atoms with E-state index in [4.69, 9.17) is 0 Å². The van der Waals surface area contributed by atoms with Crippen LogP contribution in [-0.2, 0) is 6.54 Å². The van der Waals surface area contributed by atoms with Crippen LogP contribution >= 0.6 is 35.7 Å². The molecule has 5 nitrogen and oxygen atoms in total. The molecular weight excluding hydrogens is 493 g/mol. The molecule has 2 aliphatic rings. The smallest absolute Gasteiger partial charge is 0.191 e. The molecule has 2 N–H and O–H groups in total. The Morgan fingerprint density at radius 1 is 1.10 bits per heavy atom. The van der Waals surface area contributed by atoms with Gasteiger partial charge in [-0.2, -0.15) is 11.8 Å². The molecule has 0 aromatic heterocycles. The number of thioether (sulfide) groups is 1. The van der Waals surface area contributed by atoms with Gasteiger partial charge < -0.3 is 20.4 Å². The highest BCUT2D eigenvalue weighted by atomic mass is 127. The highest BCUT2D eigenvalue weighted by Gasteiger charge is 2.17. The lowest BCUT2D eigenvalue weighted by atomic mass is 10.0. The number of nitrogens with zero attached hydrogens (tertiary/aromatic N) is 3. The van der Waals surface area contributed by atoms with E-state index < -0.39 is 0 Å². The zero-order valence-corrected chi connectivity index (χ0v) is 21.2. The van der Waals surface area contributed by atoms with Crippen molar-refractivity contribution in [1.82, 2.24) is 15.5 Å². The Labute approximate surface area is 198 Å². The van der Waals surface area contributed by atoms with Crippen LogP contribution in [0.25, 0.3) is 0 Å². The minimum atomic E-state index is 0. The van der Waals surface area contributed by atoms with Crippen LogP contribution in [-0.4, -0.2) is 68.2 Å². The van der Waals surface area contributed by atoms with Gasteiger partial charge in [-0.25, -0.2) is 0 Å². The molecule has 0 aliphatic carbocycles. The van der Waals surface area contributed by atoms with Gasteiger partial charge in [-0.15, -0.1) is 24.0 Å². The first-order valence-corrected chi connectivity index (χ1v) is 12.0. The molecule has 1 atom stereocenters. The Hall–Kier alpha value is -0.670. The number of rotatable bonds is 7. The number of halogens is 1. The lowest BCUT2D eigenvalue weighted by Crippen LogP contribution is -2.41. The number of aliphatic imine (C=N–C) groups is 1. The summed E-state index contributed by atoms with van der Waals surface area (Å²) in [6, 6.07) is 9.72. The number of nitrogens with one attached hydrogen (secondary N) is 2. The highest BCUT2D eigenvalue weighted by Crippen LogP contribution is 2.20. The number of piperidine rings is 1. The second-order valence-electron chi connectivity index (χ2n) is 7.85. The van der Waals surface area contributed by atoms with Crippen LogP contribution in [0.5, 0.6) is 0 Å². The van der Waals surface area contributed by atoms with E-state index in [0.29, 0.717) is 0 Å². The van der Waals surface area contributed by atoms with Crippen molar-refractivity contribution in [3.63, 3.8) is 0 Å². The minimum Gasteiger partial charge on any atom is -0.370 e. The van der Waals surface area contributed by atoms with E-state index >= 15 is 0 Å². The number of guanidine groups is 1. The Bertz CT molecular complexity index is 604. The SMILES string of the molecule is CN=C(NCCCN1CCCCC1C)NCc1ccc(N2CCSCC2)cc1.I. The molecule has 2 fully saturated rings. The van der Waals surface area contributed by atoms with E-state index in [1.54, 1.807) is 0 Å². The summed E-state index contributed by atoms with van der Waals surface area (Å²) in [4.78, 5) is 9.48. The van der Waals surface area contributed by atoms with E-state index in [1.165, 1.54) is 55.1 Å². The zero-order chi connectivity index (χ0) is 19.6. The topological polar surface area (TPSA) is 42.9 Å². The summed E-state index contributed by atoms with van der Waals surface area (Å²) in [5.41, 5.74) is 2.64. The predicted molar refractivity (Wildman–Crippen MR) is 139 cm³/mol. The van der Waals surface area contributed by atoms with E-state index in [0.717, 1.165) is 44.6 Å². The Morgan fingerprint density at radius 2 is 1.86 bits per heavy atom. The van der Waals surface area contributed by atoms with Crippen molar-refractivity contribution in [2.75, 3.05) is 56.2 Å². The van der Waals surface area contributed by atoms with E-state index in [9.17, 15) is 0 Å². The molecule has 2 aliphatic heterocycles. The summed E-state index contributed by atoms with van der Waals surface area (Å²) in [5.74, 6) is 3.37. The average molecular weight is 532 g/mol. The van der Waals surface area contributed by atoms with Gasteiger partial charge in [0, 0.05) is 63.0 Å². The first kappa shape index (κ1) is 24.6. The lowest BCUT2D eigenvalue weighted by molar-refractivity contribution is 0.159. The molecule has 0 spiro atoms. The van der Waals surface area contributed by atoms with Crippen molar-refractivity contribution in [1.29, 1.82) is 0 Å². The third-order valence-corrected chi connectivity index (χ3v) is 6.79. The second-order valence-corrected chi connectivity index (χ2v) is 9.08. The number of likely N-dealkylation sites (tertiary alicyclic amines) is 1. The van der Waals surface area contributed by atoms with Gasteiger partial charge in [0.2, 0.25) is 0 Å². The Morgan fingerprint density at radius 3 is 2.55 bits per heavy atom. The lowest BCUT2D eigenvalue weighted by Gasteiger charge is -2.33. The number of benzene rings is 1. The monoisotopic (exact) mass is 531 g/mol. The van der Waals surface area contributed by atoms with Crippen LogP contribution in [0.15, 0.2) is 29.3 Å². The molecule has 164 valence electrons. The van der Waals surface area contributed by atoms with Crippen molar-refractivity contribution in [2.24, 2.45) is 4.99 Å². The molecule has 0 radical (unpaired) electrons. The fourth-order valence-electron chi connectivity index (χ4n) is 4.03. The molecule has 7 heteroatoms. The molecule has 0 saturated carbocycles. The molecule has 2 heterocycles. The van der Waals surface area contributed by atoms with Gasteiger partial charge in [0.15, 0.2) is 5.96 Å². The van der Waals surface area contributed by atoms with Gasteiger partial charge in [-0.3, -0.25) is 4.99 Å². The van der Waals surface area contributed by atoms with E-state index in [2.05, 4.69) is 68.4 Å². The predicted octanol–water partition coefficient (Wildman–Crippen LogP) is 3.79. The number of anilines is 1. The quantitative estimate of drug-likeness (QED) is 0.243. The standard InChI is InChI=1S/C22H37N5S.HI/c1-19-6-3-4-12-26(19)13-5-11-24-22(23-2)25-18-20-7-9-21(10-8-20)27-14-16-28-17-15-27;/h7-10,19H,3-6,11-18H2,1-2H3,(H2,23,24,25);1H. The molecule has 1 aromatic rings. The molecule has 1 aromatic carbocycles. The molecule has 3 rings (SSSR count). The summed E-state index contributed by atoms with van der Waals surface area (Å²) in [5, 5.41) is 6.90. The van der Waals surface area contributed by atoms with Crippen LogP contribution in [0.2, 0.25) is 0 Å². The summed E-state index contributed by atoms with van der Waals surface area (Å²) in [6.07, 6.45) is 5.26. The summed E-state index contributed by atoms with van der Waals surface area (Å²) in [7, 11) is 1.85. The van der Waals surface area contributed by atoms with E-state index in [-0.39, 0.29) is 24.0 Å². The average Bonchev–Trinajstić information content (AvgIpc) is 2.75. The second kappa shape index (κ2) is 13.6. The van der Waals surface area contributed by atoms with Crippen molar-refractivity contribution in [2.45, 2.75) is 45.2 Å². The molecule has 1 unspecified atom stereocenters.